The molecule has 0 saturated heterocycles. The lowest BCUT2D eigenvalue weighted by Crippen LogP contribution is -2.42. The van der Waals surface area contributed by atoms with Gasteiger partial charge in [0.1, 0.15) is 5.82 Å². The highest BCUT2D eigenvalue weighted by Crippen LogP contribution is 2.33. The molecule has 0 heterocycles. The van der Waals surface area contributed by atoms with Crippen LogP contribution in [0.4, 0.5) is 4.39 Å². The Morgan fingerprint density at radius 1 is 1.39 bits per heavy atom. The fourth-order valence-corrected chi connectivity index (χ4v) is 2.43. The fourth-order valence-electron chi connectivity index (χ4n) is 2.43. The van der Waals surface area contributed by atoms with Crippen LogP contribution in [-0.2, 0) is 4.74 Å². The summed E-state index contributed by atoms with van der Waals surface area (Å²) in [4.78, 5) is 0. The van der Waals surface area contributed by atoms with Crippen LogP contribution in [0.15, 0.2) is 18.2 Å². The Bertz CT molecular complexity index is 394. The summed E-state index contributed by atoms with van der Waals surface area (Å²) in [7, 11) is 1.89. The number of rotatable bonds is 6. The van der Waals surface area contributed by atoms with E-state index in [1.807, 2.05) is 27.0 Å². The highest BCUT2D eigenvalue weighted by Gasteiger charge is 2.34. The van der Waals surface area contributed by atoms with Gasteiger partial charge in [-0.25, -0.2) is 4.39 Å². The van der Waals surface area contributed by atoms with Crippen molar-refractivity contribution in [2.45, 2.75) is 45.8 Å². The van der Waals surface area contributed by atoms with Crippen LogP contribution < -0.4 is 5.32 Å². The van der Waals surface area contributed by atoms with E-state index in [-0.39, 0.29) is 17.5 Å². The molecule has 0 spiro atoms. The molecule has 0 aliphatic carbocycles. The van der Waals surface area contributed by atoms with Crippen LogP contribution in [0.3, 0.4) is 0 Å². The molecule has 2 nitrogen and oxygen atoms in total. The Balaban J connectivity index is 3.19. The molecule has 0 aliphatic rings. The Hall–Kier alpha value is -0.930. The van der Waals surface area contributed by atoms with Crippen molar-refractivity contribution in [3.63, 3.8) is 0 Å². The van der Waals surface area contributed by atoms with Gasteiger partial charge in [0, 0.05) is 6.61 Å². The quantitative estimate of drug-likeness (QED) is 0.836. The van der Waals surface area contributed by atoms with Gasteiger partial charge in [-0.3, -0.25) is 0 Å². The van der Waals surface area contributed by atoms with Gasteiger partial charge in [-0.15, -0.1) is 0 Å². The largest absolute Gasteiger partial charge is 0.374 e. The van der Waals surface area contributed by atoms with Gasteiger partial charge in [0.25, 0.3) is 0 Å². The topological polar surface area (TPSA) is 21.3 Å². The molecule has 2 unspecified atom stereocenters. The van der Waals surface area contributed by atoms with E-state index in [4.69, 9.17) is 4.74 Å². The Kier molecular flexibility index (Phi) is 5.29. The summed E-state index contributed by atoms with van der Waals surface area (Å²) < 4.78 is 19.3. The van der Waals surface area contributed by atoms with E-state index in [1.165, 1.54) is 6.07 Å². The second-order valence-corrected chi connectivity index (χ2v) is 4.82. The van der Waals surface area contributed by atoms with Crippen LogP contribution in [0.2, 0.25) is 0 Å². The molecule has 0 fully saturated rings. The third-order valence-electron chi connectivity index (χ3n) is 3.63. The van der Waals surface area contributed by atoms with E-state index in [0.717, 1.165) is 17.5 Å². The standard InChI is InChI=1S/C15H24FNO/c1-6-15(4,18-7-2)14(17-5)13-10-12(16)9-8-11(13)3/h8-10,14,17H,6-7H2,1-5H3. The van der Waals surface area contributed by atoms with Gasteiger partial charge in [-0.2, -0.15) is 0 Å². The van der Waals surface area contributed by atoms with Gasteiger partial charge in [0.2, 0.25) is 0 Å². The SMILES string of the molecule is CCOC(C)(CC)C(NC)c1cc(F)ccc1C. The zero-order valence-corrected chi connectivity index (χ0v) is 12.0. The van der Waals surface area contributed by atoms with Crippen molar-refractivity contribution in [3.8, 4) is 0 Å². The number of likely N-dealkylation sites (N-methyl/N-ethyl adjacent to an activating group) is 1. The van der Waals surface area contributed by atoms with Crippen molar-refractivity contribution >= 4 is 0 Å². The fraction of sp³-hybridized carbons (Fsp3) is 0.600. The maximum absolute atomic E-state index is 13.5. The molecule has 0 saturated carbocycles. The Morgan fingerprint density at radius 3 is 2.56 bits per heavy atom. The maximum atomic E-state index is 13.5. The molecule has 18 heavy (non-hydrogen) atoms. The van der Waals surface area contributed by atoms with Crippen molar-refractivity contribution in [1.29, 1.82) is 0 Å². The van der Waals surface area contributed by atoms with E-state index < -0.39 is 0 Å². The van der Waals surface area contributed by atoms with Crippen LogP contribution in [0, 0.1) is 12.7 Å². The van der Waals surface area contributed by atoms with Crippen molar-refractivity contribution < 1.29 is 9.13 Å². The molecular formula is C15H24FNO. The molecule has 2 atom stereocenters. The zero-order valence-electron chi connectivity index (χ0n) is 12.0. The second kappa shape index (κ2) is 6.30. The number of ether oxygens (including phenoxy) is 1. The first kappa shape index (κ1) is 15.1. The van der Waals surface area contributed by atoms with Crippen LogP contribution in [0.1, 0.15) is 44.4 Å². The maximum Gasteiger partial charge on any atom is 0.123 e. The molecule has 3 heteroatoms. The summed E-state index contributed by atoms with van der Waals surface area (Å²) in [5.74, 6) is -0.203. The number of hydrogen-bond acceptors (Lipinski definition) is 2. The minimum absolute atomic E-state index is 0.0156. The monoisotopic (exact) mass is 253 g/mol. The third-order valence-corrected chi connectivity index (χ3v) is 3.63. The van der Waals surface area contributed by atoms with Crippen LogP contribution in [0.5, 0.6) is 0 Å². The lowest BCUT2D eigenvalue weighted by atomic mass is 9.85. The molecule has 0 aromatic heterocycles. The van der Waals surface area contributed by atoms with Gasteiger partial charge in [-0.1, -0.05) is 13.0 Å². The molecular weight excluding hydrogens is 229 g/mol. The molecule has 0 radical (unpaired) electrons. The van der Waals surface area contributed by atoms with Gasteiger partial charge >= 0.3 is 0 Å². The number of nitrogens with one attached hydrogen (secondary N) is 1. The summed E-state index contributed by atoms with van der Waals surface area (Å²) in [6, 6.07) is 4.90. The van der Waals surface area contributed by atoms with Gasteiger partial charge in [0.05, 0.1) is 11.6 Å². The first-order chi connectivity index (χ1) is 8.48. The molecule has 1 aromatic rings. The number of hydrogen-bond donors (Lipinski definition) is 1. The predicted octanol–water partition coefficient (Wildman–Crippen LogP) is 3.60. The summed E-state index contributed by atoms with van der Waals surface area (Å²) in [6.45, 7) is 8.80. The summed E-state index contributed by atoms with van der Waals surface area (Å²) in [5, 5.41) is 3.27. The number of benzene rings is 1. The third kappa shape index (κ3) is 3.09. The van der Waals surface area contributed by atoms with Crippen LogP contribution in [-0.4, -0.2) is 19.3 Å². The molecule has 0 amide bonds. The van der Waals surface area contributed by atoms with Gasteiger partial charge in [0.15, 0.2) is 0 Å². The lowest BCUT2D eigenvalue weighted by molar-refractivity contribution is -0.0548. The first-order valence-electron chi connectivity index (χ1n) is 6.55. The Morgan fingerprint density at radius 2 is 2.06 bits per heavy atom. The van der Waals surface area contributed by atoms with Gasteiger partial charge < -0.3 is 10.1 Å². The van der Waals surface area contributed by atoms with Crippen molar-refractivity contribution in [3.05, 3.63) is 35.1 Å². The highest BCUT2D eigenvalue weighted by atomic mass is 19.1. The average Bonchev–Trinajstić information content (AvgIpc) is 2.34. The molecule has 0 bridgehead atoms. The van der Waals surface area contributed by atoms with Crippen LogP contribution in [0.25, 0.3) is 0 Å². The normalized spacial score (nSPS) is 16.3. The zero-order chi connectivity index (χ0) is 13.8. The summed E-state index contributed by atoms with van der Waals surface area (Å²) in [6.07, 6.45) is 0.863. The van der Waals surface area contributed by atoms with E-state index in [2.05, 4.69) is 19.2 Å². The number of aryl methyl sites for hydroxylation is 1. The molecule has 0 aliphatic heterocycles. The minimum Gasteiger partial charge on any atom is -0.374 e. The highest BCUT2D eigenvalue weighted by molar-refractivity contribution is 5.31. The Labute approximate surface area is 110 Å². The van der Waals surface area contributed by atoms with Crippen molar-refractivity contribution in [2.24, 2.45) is 0 Å². The molecule has 1 N–H and O–H groups in total. The van der Waals surface area contributed by atoms with Crippen molar-refractivity contribution in [1.82, 2.24) is 5.32 Å². The predicted molar refractivity (Wildman–Crippen MR) is 73.3 cm³/mol. The lowest BCUT2D eigenvalue weighted by Gasteiger charge is -2.37. The smallest absolute Gasteiger partial charge is 0.123 e. The van der Waals surface area contributed by atoms with Crippen LogP contribution >= 0.6 is 0 Å². The van der Waals surface area contributed by atoms with E-state index in [1.54, 1.807) is 6.07 Å². The first-order valence-corrected chi connectivity index (χ1v) is 6.55. The molecule has 1 aromatic carbocycles. The molecule has 1 rings (SSSR count). The van der Waals surface area contributed by atoms with E-state index in [0.29, 0.717) is 6.61 Å². The van der Waals surface area contributed by atoms with Gasteiger partial charge in [-0.05, 0) is 57.5 Å². The van der Waals surface area contributed by atoms with E-state index >= 15 is 0 Å². The summed E-state index contributed by atoms with van der Waals surface area (Å²) >= 11 is 0. The summed E-state index contributed by atoms with van der Waals surface area (Å²) in [5.41, 5.74) is 1.72. The van der Waals surface area contributed by atoms with E-state index in [9.17, 15) is 4.39 Å². The average molecular weight is 253 g/mol. The minimum atomic E-state index is -0.331. The molecule has 102 valence electrons. The second-order valence-electron chi connectivity index (χ2n) is 4.82. The number of halogens is 1. The van der Waals surface area contributed by atoms with Crippen molar-refractivity contribution in [2.75, 3.05) is 13.7 Å².